The van der Waals surface area contributed by atoms with Gasteiger partial charge in [-0.1, -0.05) is 25.7 Å². The standard InChI is InChI=1S/C16H31N3O5/c17-9-6-4-2-1-3-5-7-14(21)19-12-13(20)11-15(22)18-10-8-16(23)24/h13,20H,1-12,17H2,(H,18,22)(H,19,21)(H,23,24). The first-order valence-corrected chi connectivity index (χ1v) is 8.59. The van der Waals surface area contributed by atoms with Gasteiger partial charge in [0, 0.05) is 19.5 Å². The smallest absolute Gasteiger partial charge is 0.305 e. The van der Waals surface area contributed by atoms with Gasteiger partial charge in [0.15, 0.2) is 0 Å². The Labute approximate surface area is 143 Å². The van der Waals surface area contributed by atoms with Crippen LogP contribution in [0, 0.1) is 0 Å². The summed E-state index contributed by atoms with van der Waals surface area (Å²) in [5, 5.41) is 23.1. The molecule has 1 unspecified atom stereocenters. The number of rotatable bonds is 15. The highest BCUT2D eigenvalue weighted by Gasteiger charge is 2.12. The number of nitrogens with one attached hydrogen (secondary N) is 2. The lowest BCUT2D eigenvalue weighted by Gasteiger charge is -2.12. The molecule has 24 heavy (non-hydrogen) atoms. The minimum absolute atomic E-state index is 0.0156. The lowest BCUT2D eigenvalue weighted by atomic mass is 10.1. The average Bonchev–Trinajstić information content (AvgIpc) is 2.51. The monoisotopic (exact) mass is 345 g/mol. The average molecular weight is 345 g/mol. The van der Waals surface area contributed by atoms with Crippen LogP contribution in [0.25, 0.3) is 0 Å². The molecule has 8 heteroatoms. The van der Waals surface area contributed by atoms with Gasteiger partial charge in [0.25, 0.3) is 0 Å². The van der Waals surface area contributed by atoms with Crippen LogP contribution in [0.5, 0.6) is 0 Å². The van der Waals surface area contributed by atoms with Crippen LogP contribution in [0.15, 0.2) is 0 Å². The van der Waals surface area contributed by atoms with E-state index in [2.05, 4.69) is 10.6 Å². The summed E-state index contributed by atoms with van der Waals surface area (Å²) < 4.78 is 0. The van der Waals surface area contributed by atoms with Gasteiger partial charge in [-0.25, -0.2) is 0 Å². The number of aliphatic hydroxyl groups is 1. The molecule has 8 nitrogen and oxygen atoms in total. The van der Waals surface area contributed by atoms with Crippen molar-refractivity contribution in [3.05, 3.63) is 0 Å². The molecule has 0 rings (SSSR count). The normalized spacial score (nSPS) is 11.8. The summed E-state index contributed by atoms with van der Waals surface area (Å²) in [4.78, 5) is 33.3. The number of aliphatic carboxylic acids is 1. The van der Waals surface area contributed by atoms with E-state index < -0.39 is 18.0 Å². The van der Waals surface area contributed by atoms with Gasteiger partial charge >= 0.3 is 5.97 Å². The first kappa shape index (κ1) is 22.3. The van der Waals surface area contributed by atoms with Crippen LogP contribution in [0.1, 0.15) is 57.8 Å². The van der Waals surface area contributed by atoms with Crippen LogP contribution in [0.4, 0.5) is 0 Å². The number of unbranched alkanes of at least 4 members (excludes halogenated alkanes) is 5. The molecule has 0 aromatic carbocycles. The first-order chi connectivity index (χ1) is 11.5. The Morgan fingerprint density at radius 2 is 1.50 bits per heavy atom. The minimum atomic E-state index is -0.998. The minimum Gasteiger partial charge on any atom is -0.481 e. The molecule has 0 aliphatic rings. The second-order valence-electron chi connectivity index (χ2n) is 5.82. The van der Waals surface area contributed by atoms with Gasteiger partial charge in [-0.05, 0) is 19.4 Å². The van der Waals surface area contributed by atoms with Crippen molar-refractivity contribution in [2.24, 2.45) is 5.73 Å². The molecule has 6 N–H and O–H groups in total. The summed E-state index contributed by atoms with van der Waals surface area (Å²) in [5.41, 5.74) is 5.41. The fourth-order valence-electron chi connectivity index (χ4n) is 2.12. The van der Waals surface area contributed by atoms with Crippen molar-refractivity contribution in [2.75, 3.05) is 19.6 Å². The number of hydrogen-bond acceptors (Lipinski definition) is 5. The molecule has 140 valence electrons. The lowest BCUT2D eigenvalue weighted by molar-refractivity contribution is -0.137. The summed E-state index contributed by atoms with van der Waals surface area (Å²) in [7, 11) is 0. The first-order valence-electron chi connectivity index (χ1n) is 8.59. The van der Waals surface area contributed by atoms with Crippen LogP contribution in [-0.2, 0) is 14.4 Å². The molecule has 0 saturated heterocycles. The highest BCUT2D eigenvalue weighted by molar-refractivity contribution is 5.78. The second-order valence-corrected chi connectivity index (χ2v) is 5.82. The molecule has 0 spiro atoms. The van der Waals surface area contributed by atoms with Crippen molar-refractivity contribution >= 4 is 17.8 Å². The molecule has 0 saturated carbocycles. The Morgan fingerprint density at radius 1 is 0.875 bits per heavy atom. The Kier molecular flexibility index (Phi) is 13.9. The van der Waals surface area contributed by atoms with Crippen LogP contribution in [0.2, 0.25) is 0 Å². The number of carboxylic acids is 1. The van der Waals surface area contributed by atoms with Crippen molar-refractivity contribution < 1.29 is 24.6 Å². The fraction of sp³-hybridized carbons (Fsp3) is 0.812. The van der Waals surface area contributed by atoms with E-state index in [9.17, 15) is 19.5 Å². The van der Waals surface area contributed by atoms with E-state index in [1.807, 2.05) is 0 Å². The summed E-state index contributed by atoms with van der Waals surface area (Å²) >= 11 is 0. The summed E-state index contributed by atoms with van der Waals surface area (Å²) in [5.74, 6) is -1.57. The third-order valence-electron chi connectivity index (χ3n) is 3.47. The van der Waals surface area contributed by atoms with Gasteiger partial charge in [-0.2, -0.15) is 0 Å². The molecule has 0 fully saturated rings. The molecule has 0 bridgehead atoms. The predicted octanol–water partition coefficient (Wildman–Crippen LogP) is 0.134. The lowest BCUT2D eigenvalue weighted by Crippen LogP contribution is -2.36. The predicted molar refractivity (Wildman–Crippen MR) is 90.3 cm³/mol. The van der Waals surface area contributed by atoms with E-state index in [1.165, 1.54) is 0 Å². The SMILES string of the molecule is NCCCCCCCCC(=O)NCC(O)CC(=O)NCCC(=O)O. The van der Waals surface area contributed by atoms with Crippen molar-refractivity contribution in [1.82, 2.24) is 10.6 Å². The quantitative estimate of drug-likeness (QED) is 0.267. The maximum Gasteiger partial charge on any atom is 0.305 e. The molecule has 0 radical (unpaired) electrons. The molecule has 0 aromatic heterocycles. The Hall–Kier alpha value is -1.67. The number of carbonyl (C=O) groups is 3. The second kappa shape index (κ2) is 14.9. The molecule has 0 aromatic rings. The molecule has 0 heterocycles. The maximum absolute atomic E-state index is 11.6. The van der Waals surface area contributed by atoms with Gasteiger partial charge in [-0.15, -0.1) is 0 Å². The van der Waals surface area contributed by atoms with Crippen LogP contribution >= 0.6 is 0 Å². The molecule has 2 amide bonds. The van der Waals surface area contributed by atoms with Crippen molar-refractivity contribution in [3.8, 4) is 0 Å². The summed E-state index contributed by atoms with van der Waals surface area (Å²) in [6, 6.07) is 0. The van der Waals surface area contributed by atoms with Crippen LogP contribution < -0.4 is 16.4 Å². The summed E-state index contributed by atoms with van der Waals surface area (Å²) in [6.07, 6.45) is 5.30. The van der Waals surface area contributed by atoms with Crippen molar-refractivity contribution in [3.63, 3.8) is 0 Å². The summed E-state index contributed by atoms with van der Waals surface area (Å²) in [6.45, 7) is 0.766. The van der Waals surface area contributed by atoms with E-state index in [-0.39, 0.29) is 31.8 Å². The van der Waals surface area contributed by atoms with Gasteiger partial charge in [-0.3, -0.25) is 14.4 Å². The maximum atomic E-state index is 11.6. The zero-order valence-corrected chi connectivity index (χ0v) is 14.3. The number of amides is 2. The molecule has 0 aliphatic heterocycles. The highest BCUT2D eigenvalue weighted by atomic mass is 16.4. The number of hydrogen-bond donors (Lipinski definition) is 5. The van der Waals surface area contributed by atoms with Crippen molar-refractivity contribution in [2.45, 2.75) is 63.9 Å². The number of nitrogens with two attached hydrogens (primary N) is 1. The van der Waals surface area contributed by atoms with E-state index in [4.69, 9.17) is 10.8 Å². The largest absolute Gasteiger partial charge is 0.481 e. The Bertz CT molecular complexity index is 377. The Balaban J connectivity index is 3.56. The third kappa shape index (κ3) is 15.2. The van der Waals surface area contributed by atoms with E-state index in [1.54, 1.807) is 0 Å². The van der Waals surface area contributed by atoms with Gasteiger partial charge in [0.05, 0.1) is 18.9 Å². The van der Waals surface area contributed by atoms with E-state index >= 15 is 0 Å². The third-order valence-corrected chi connectivity index (χ3v) is 3.47. The van der Waals surface area contributed by atoms with E-state index in [0.717, 1.165) is 45.1 Å². The van der Waals surface area contributed by atoms with Crippen LogP contribution in [-0.4, -0.2) is 53.7 Å². The fourth-order valence-corrected chi connectivity index (χ4v) is 2.12. The number of carboxylic acid groups (broad SMARTS) is 1. The molecular formula is C16H31N3O5. The zero-order chi connectivity index (χ0) is 18.2. The van der Waals surface area contributed by atoms with Gasteiger partial charge in [0.2, 0.25) is 11.8 Å². The Morgan fingerprint density at radius 3 is 2.12 bits per heavy atom. The molecule has 1 atom stereocenters. The topological polar surface area (TPSA) is 142 Å². The van der Waals surface area contributed by atoms with E-state index in [0.29, 0.717) is 6.42 Å². The molecule has 0 aliphatic carbocycles. The number of aliphatic hydroxyl groups excluding tert-OH is 1. The highest BCUT2D eigenvalue weighted by Crippen LogP contribution is 2.06. The zero-order valence-electron chi connectivity index (χ0n) is 14.3. The van der Waals surface area contributed by atoms with Gasteiger partial charge in [0.1, 0.15) is 0 Å². The molecular weight excluding hydrogens is 314 g/mol. The number of carbonyl (C=O) groups excluding carboxylic acids is 2. The van der Waals surface area contributed by atoms with Gasteiger partial charge < -0.3 is 26.6 Å². The van der Waals surface area contributed by atoms with Crippen molar-refractivity contribution in [1.29, 1.82) is 0 Å². The van der Waals surface area contributed by atoms with Crippen LogP contribution in [0.3, 0.4) is 0 Å².